The lowest BCUT2D eigenvalue weighted by atomic mass is 9.82. The molecule has 0 radical (unpaired) electrons. The Hall–Kier alpha value is -0.855. The molecule has 0 aromatic heterocycles. The maximum absolute atomic E-state index is 8.85. The van der Waals surface area contributed by atoms with Crippen LogP contribution in [0.15, 0.2) is 24.3 Å². The number of anilines is 1. The van der Waals surface area contributed by atoms with Gasteiger partial charge in [-0.2, -0.15) is 0 Å². The highest BCUT2D eigenvalue weighted by Crippen LogP contribution is 2.23. The van der Waals surface area contributed by atoms with Gasteiger partial charge in [-0.25, -0.2) is 0 Å². The van der Waals surface area contributed by atoms with Gasteiger partial charge >= 0.3 is 7.12 Å². The summed E-state index contributed by atoms with van der Waals surface area (Å²) in [7, 11) is -1.21. The summed E-state index contributed by atoms with van der Waals surface area (Å²) in [6, 6.07) is 7.61. The molecule has 8 heteroatoms. The number of hydrogen-bond donors (Lipinski definition) is 4. The molecule has 1 aliphatic rings. The maximum atomic E-state index is 8.85. The van der Waals surface area contributed by atoms with E-state index in [1.54, 1.807) is 0 Å². The SMILES string of the molecule is NC(CCCCB(O)O)C1CCN(C(=S)Nc2ccc(Cl)cc2)C1. The second-order valence-electron chi connectivity index (χ2n) is 6.36. The topological polar surface area (TPSA) is 81.8 Å². The Morgan fingerprint density at radius 2 is 2.08 bits per heavy atom. The van der Waals surface area contributed by atoms with Crippen molar-refractivity contribution in [2.75, 3.05) is 18.4 Å². The van der Waals surface area contributed by atoms with E-state index in [0.717, 1.165) is 49.6 Å². The highest BCUT2D eigenvalue weighted by molar-refractivity contribution is 7.80. The van der Waals surface area contributed by atoms with Crippen molar-refractivity contribution in [1.82, 2.24) is 4.90 Å². The number of benzene rings is 1. The molecule has 1 aromatic rings. The lowest BCUT2D eigenvalue weighted by Gasteiger charge is -2.23. The van der Waals surface area contributed by atoms with Crippen molar-refractivity contribution in [2.45, 2.75) is 38.0 Å². The average molecular weight is 370 g/mol. The van der Waals surface area contributed by atoms with Crippen LogP contribution in [0.1, 0.15) is 25.7 Å². The number of likely N-dealkylation sites (tertiary alicyclic amines) is 1. The van der Waals surface area contributed by atoms with Crippen molar-refractivity contribution >= 4 is 41.7 Å². The molecule has 24 heavy (non-hydrogen) atoms. The van der Waals surface area contributed by atoms with Crippen molar-refractivity contribution in [2.24, 2.45) is 11.7 Å². The van der Waals surface area contributed by atoms with E-state index in [0.29, 0.717) is 17.3 Å². The first-order valence-corrected chi connectivity index (χ1v) is 9.17. The van der Waals surface area contributed by atoms with Crippen molar-refractivity contribution < 1.29 is 10.0 Å². The second-order valence-corrected chi connectivity index (χ2v) is 7.18. The molecule has 5 nitrogen and oxygen atoms in total. The minimum Gasteiger partial charge on any atom is -0.427 e. The smallest absolute Gasteiger partial charge is 0.427 e. The molecular formula is C16H25BClN3O2S. The number of thiocarbonyl (C=S) groups is 1. The number of halogens is 1. The molecule has 0 bridgehead atoms. The summed E-state index contributed by atoms with van der Waals surface area (Å²) < 4.78 is 0. The molecule has 0 saturated carbocycles. The van der Waals surface area contributed by atoms with Crippen LogP contribution in [0.4, 0.5) is 5.69 Å². The van der Waals surface area contributed by atoms with E-state index in [1.165, 1.54) is 0 Å². The minimum atomic E-state index is -1.21. The Morgan fingerprint density at radius 3 is 2.75 bits per heavy atom. The van der Waals surface area contributed by atoms with E-state index in [1.807, 2.05) is 24.3 Å². The molecule has 5 N–H and O–H groups in total. The van der Waals surface area contributed by atoms with Crippen LogP contribution in [0.5, 0.6) is 0 Å². The first-order chi connectivity index (χ1) is 11.5. The van der Waals surface area contributed by atoms with Gasteiger partial charge in [0.25, 0.3) is 0 Å². The zero-order valence-corrected chi connectivity index (χ0v) is 15.3. The lowest BCUT2D eigenvalue weighted by Crippen LogP contribution is -2.36. The first kappa shape index (κ1) is 19.5. The Kier molecular flexibility index (Phi) is 7.77. The Morgan fingerprint density at radius 1 is 1.38 bits per heavy atom. The molecule has 2 unspecified atom stereocenters. The van der Waals surface area contributed by atoms with Crippen LogP contribution in [-0.4, -0.2) is 46.3 Å². The van der Waals surface area contributed by atoms with Crippen molar-refractivity contribution in [1.29, 1.82) is 0 Å². The summed E-state index contributed by atoms with van der Waals surface area (Å²) in [6.45, 7) is 1.77. The fourth-order valence-electron chi connectivity index (χ4n) is 3.00. The zero-order valence-electron chi connectivity index (χ0n) is 13.7. The number of nitrogens with two attached hydrogens (primary N) is 1. The molecule has 0 amide bonds. The predicted octanol–water partition coefficient (Wildman–Crippen LogP) is 2.33. The van der Waals surface area contributed by atoms with Crippen molar-refractivity contribution in [3.05, 3.63) is 29.3 Å². The summed E-state index contributed by atoms with van der Waals surface area (Å²) in [5.74, 6) is 0.425. The Labute approximate surface area is 154 Å². The number of nitrogens with zero attached hydrogens (tertiary/aromatic N) is 1. The van der Waals surface area contributed by atoms with E-state index < -0.39 is 7.12 Å². The van der Waals surface area contributed by atoms with Gasteiger partial charge in [-0.1, -0.05) is 24.4 Å². The van der Waals surface area contributed by atoms with Crippen LogP contribution in [0.25, 0.3) is 0 Å². The fraction of sp³-hybridized carbons (Fsp3) is 0.562. The molecule has 1 aliphatic heterocycles. The molecule has 0 spiro atoms. The molecule has 1 saturated heterocycles. The van der Waals surface area contributed by atoms with Gasteiger partial charge in [-0.3, -0.25) is 0 Å². The average Bonchev–Trinajstić information content (AvgIpc) is 3.03. The quantitative estimate of drug-likeness (QED) is 0.335. The largest absolute Gasteiger partial charge is 0.451 e. The molecule has 1 heterocycles. The lowest BCUT2D eigenvalue weighted by molar-refractivity contribution is 0.383. The third kappa shape index (κ3) is 6.22. The molecular weight excluding hydrogens is 345 g/mol. The Balaban J connectivity index is 1.73. The minimum absolute atomic E-state index is 0.129. The van der Waals surface area contributed by atoms with E-state index in [9.17, 15) is 0 Å². The standard InChI is InChI=1S/C16H25BClN3O2S/c18-13-4-6-14(7-5-13)20-16(24)21-10-8-12(11-21)15(19)3-1-2-9-17(22)23/h4-7,12,15,22-23H,1-3,8-11,19H2,(H,20,24). The van der Waals surface area contributed by atoms with Crippen LogP contribution < -0.4 is 11.1 Å². The van der Waals surface area contributed by atoms with E-state index in [-0.39, 0.29) is 6.04 Å². The Bertz CT molecular complexity index is 533. The van der Waals surface area contributed by atoms with Gasteiger partial charge in [0.1, 0.15) is 0 Å². The molecule has 2 atom stereocenters. The zero-order chi connectivity index (χ0) is 17.5. The van der Waals surface area contributed by atoms with Crippen LogP contribution >= 0.6 is 23.8 Å². The van der Waals surface area contributed by atoms with E-state index >= 15 is 0 Å². The van der Waals surface area contributed by atoms with Crippen molar-refractivity contribution in [3.8, 4) is 0 Å². The van der Waals surface area contributed by atoms with Gasteiger partial charge in [-0.15, -0.1) is 0 Å². The monoisotopic (exact) mass is 369 g/mol. The normalized spacial score (nSPS) is 18.5. The molecule has 132 valence electrons. The molecule has 2 rings (SSSR count). The van der Waals surface area contributed by atoms with Gasteiger partial charge in [0.05, 0.1) is 0 Å². The highest BCUT2D eigenvalue weighted by atomic mass is 35.5. The van der Waals surface area contributed by atoms with Crippen LogP contribution in [0.3, 0.4) is 0 Å². The second kappa shape index (κ2) is 9.58. The molecule has 0 aliphatic carbocycles. The molecule has 1 fully saturated rings. The number of hydrogen-bond acceptors (Lipinski definition) is 4. The van der Waals surface area contributed by atoms with Crippen LogP contribution in [-0.2, 0) is 0 Å². The summed E-state index contributed by atoms with van der Waals surface area (Å²) in [5.41, 5.74) is 7.23. The summed E-state index contributed by atoms with van der Waals surface area (Å²) in [5, 5.41) is 22.4. The number of nitrogens with one attached hydrogen (secondary N) is 1. The number of rotatable bonds is 7. The first-order valence-electron chi connectivity index (χ1n) is 8.39. The van der Waals surface area contributed by atoms with Gasteiger partial charge < -0.3 is 26.0 Å². The van der Waals surface area contributed by atoms with Crippen molar-refractivity contribution in [3.63, 3.8) is 0 Å². The predicted molar refractivity (Wildman–Crippen MR) is 104 cm³/mol. The summed E-state index contributed by atoms with van der Waals surface area (Å²) in [4.78, 5) is 2.16. The third-order valence-corrected chi connectivity index (χ3v) is 5.07. The van der Waals surface area contributed by atoms with Crippen LogP contribution in [0, 0.1) is 5.92 Å². The maximum Gasteiger partial charge on any atom is 0.451 e. The fourth-order valence-corrected chi connectivity index (χ4v) is 3.41. The van der Waals surface area contributed by atoms with Gasteiger partial charge in [-0.05, 0) is 61.6 Å². The van der Waals surface area contributed by atoms with Gasteiger partial charge in [0, 0.05) is 29.8 Å². The number of unbranched alkanes of at least 4 members (excludes halogenated alkanes) is 1. The van der Waals surface area contributed by atoms with E-state index in [2.05, 4.69) is 10.2 Å². The summed E-state index contributed by atoms with van der Waals surface area (Å²) in [6.07, 6.45) is 4.06. The van der Waals surface area contributed by atoms with Gasteiger partial charge in [0.2, 0.25) is 0 Å². The summed E-state index contributed by atoms with van der Waals surface area (Å²) >= 11 is 11.4. The third-order valence-electron chi connectivity index (χ3n) is 4.46. The molecule has 1 aromatic carbocycles. The van der Waals surface area contributed by atoms with E-state index in [4.69, 9.17) is 39.6 Å². The van der Waals surface area contributed by atoms with Gasteiger partial charge in [0.15, 0.2) is 5.11 Å². The van der Waals surface area contributed by atoms with Crippen LogP contribution in [0.2, 0.25) is 11.3 Å². The highest BCUT2D eigenvalue weighted by Gasteiger charge is 2.28.